The van der Waals surface area contributed by atoms with Crippen molar-refractivity contribution in [3.8, 4) is 0 Å². The van der Waals surface area contributed by atoms with E-state index in [1.807, 2.05) is 36.4 Å². The number of rotatable bonds is 6. The van der Waals surface area contributed by atoms with Crippen molar-refractivity contribution in [1.82, 2.24) is 0 Å². The lowest BCUT2D eigenvalue weighted by Gasteiger charge is -1.95. The predicted molar refractivity (Wildman–Crippen MR) is 68.9 cm³/mol. The van der Waals surface area contributed by atoms with Gasteiger partial charge in [0, 0.05) is 12.1 Å². The van der Waals surface area contributed by atoms with E-state index in [-0.39, 0.29) is 5.78 Å². The van der Waals surface area contributed by atoms with Crippen LogP contribution >= 0.6 is 0 Å². The maximum atomic E-state index is 11.4. The van der Waals surface area contributed by atoms with E-state index in [1.54, 1.807) is 6.08 Å². The van der Waals surface area contributed by atoms with Crippen molar-refractivity contribution in [3.05, 3.63) is 48.6 Å². The minimum Gasteiger partial charge on any atom is -0.399 e. The summed E-state index contributed by atoms with van der Waals surface area (Å²) < 4.78 is 0. The smallest absolute Gasteiger partial charge is 0.155 e. The Morgan fingerprint density at radius 3 is 2.62 bits per heavy atom. The van der Waals surface area contributed by atoms with Crippen LogP contribution in [0.2, 0.25) is 0 Å². The van der Waals surface area contributed by atoms with E-state index in [4.69, 9.17) is 5.73 Å². The van der Waals surface area contributed by atoms with Crippen molar-refractivity contribution in [2.75, 3.05) is 5.73 Å². The monoisotopic (exact) mass is 215 g/mol. The Labute approximate surface area is 96.5 Å². The zero-order chi connectivity index (χ0) is 11.8. The fourth-order valence-corrected chi connectivity index (χ4v) is 1.30. The number of anilines is 1. The van der Waals surface area contributed by atoms with Crippen LogP contribution < -0.4 is 5.73 Å². The molecule has 2 heteroatoms. The Balaban J connectivity index is 2.43. The zero-order valence-corrected chi connectivity index (χ0v) is 9.36. The van der Waals surface area contributed by atoms with Crippen LogP contribution in [0.1, 0.15) is 24.8 Å². The lowest BCUT2D eigenvalue weighted by molar-refractivity contribution is -0.114. The molecule has 16 heavy (non-hydrogen) atoms. The predicted octanol–water partition coefficient (Wildman–Crippen LogP) is 3.21. The SMILES string of the molecule is C=CCCCC(=O)/C=C/c1ccc(N)cc1. The highest BCUT2D eigenvalue weighted by molar-refractivity contribution is 5.93. The molecule has 0 aliphatic rings. The van der Waals surface area contributed by atoms with Gasteiger partial charge >= 0.3 is 0 Å². The van der Waals surface area contributed by atoms with Gasteiger partial charge in [-0.1, -0.05) is 24.3 Å². The fourth-order valence-electron chi connectivity index (χ4n) is 1.30. The molecule has 1 rings (SSSR count). The molecule has 0 saturated heterocycles. The van der Waals surface area contributed by atoms with E-state index >= 15 is 0 Å². The maximum absolute atomic E-state index is 11.4. The number of allylic oxidation sites excluding steroid dienone is 2. The Morgan fingerprint density at radius 1 is 1.31 bits per heavy atom. The first kappa shape index (κ1) is 12.2. The largest absolute Gasteiger partial charge is 0.399 e. The van der Waals surface area contributed by atoms with Gasteiger partial charge in [-0.25, -0.2) is 0 Å². The van der Waals surface area contributed by atoms with E-state index in [0.717, 1.165) is 24.1 Å². The first-order chi connectivity index (χ1) is 7.72. The maximum Gasteiger partial charge on any atom is 0.155 e. The van der Waals surface area contributed by atoms with Gasteiger partial charge in [0.25, 0.3) is 0 Å². The quantitative estimate of drug-likeness (QED) is 0.343. The van der Waals surface area contributed by atoms with Gasteiger partial charge in [0.15, 0.2) is 5.78 Å². The molecule has 0 unspecified atom stereocenters. The van der Waals surface area contributed by atoms with E-state index in [1.165, 1.54) is 0 Å². The molecule has 2 N–H and O–H groups in total. The van der Waals surface area contributed by atoms with Crippen molar-refractivity contribution in [2.45, 2.75) is 19.3 Å². The molecule has 0 atom stereocenters. The summed E-state index contributed by atoms with van der Waals surface area (Å²) in [6.07, 6.45) is 7.61. The summed E-state index contributed by atoms with van der Waals surface area (Å²) in [4.78, 5) is 11.4. The molecule has 0 fully saturated rings. The third kappa shape index (κ3) is 4.60. The van der Waals surface area contributed by atoms with Gasteiger partial charge < -0.3 is 5.73 Å². The standard InChI is InChI=1S/C14H17NO/c1-2-3-4-5-14(16)11-8-12-6-9-13(15)10-7-12/h2,6-11H,1,3-5,15H2/b11-8+. The number of carbonyl (C=O) groups is 1. The molecule has 0 saturated carbocycles. The summed E-state index contributed by atoms with van der Waals surface area (Å²) in [5.41, 5.74) is 7.29. The van der Waals surface area contributed by atoms with Crippen LogP contribution in [-0.2, 0) is 4.79 Å². The lowest BCUT2D eigenvalue weighted by atomic mass is 10.1. The average molecular weight is 215 g/mol. The molecule has 2 nitrogen and oxygen atoms in total. The number of benzene rings is 1. The zero-order valence-electron chi connectivity index (χ0n) is 9.36. The summed E-state index contributed by atoms with van der Waals surface area (Å²) in [5.74, 6) is 0.152. The molecule has 0 aliphatic carbocycles. The highest BCUT2D eigenvalue weighted by atomic mass is 16.1. The second-order valence-corrected chi connectivity index (χ2v) is 3.65. The van der Waals surface area contributed by atoms with Crippen LogP contribution in [0.5, 0.6) is 0 Å². The Morgan fingerprint density at radius 2 is 2.00 bits per heavy atom. The van der Waals surface area contributed by atoms with E-state index in [2.05, 4.69) is 6.58 Å². The summed E-state index contributed by atoms with van der Waals surface area (Å²) in [5, 5.41) is 0. The Hall–Kier alpha value is -1.83. The van der Waals surface area contributed by atoms with Crippen LogP contribution in [-0.4, -0.2) is 5.78 Å². The number of unbranched alkanes of at least 4 members (excludes halogenated alkanes) is 1. The second-order valence-electron chi connectivity index (χ2n) is 3.65. The molecule has 0 bridgehead atoms. The summed E-state index contributed by atoms with van der Waals surface area (Å²) in [6.45, 7) is 3.62. The van der Waals surface area contributed by atoms with Crippen molar-refractivity contribution in [2.24, 2.45) is 0 Å². The summed E-state index contributed by atoms with van der Waals surface area (Å²) in [6, 6.07) is 7.43. The minimum atomic E-state index is 0.152. The summed E-state index contributed by atoms with van der Waals surface area (Å²) in [7, 11) is 0. The van der Waals surface area contributed by atoms with Crippen molar-refractivity contribution in [3.63, 3.8) is 0 Å². The van der Waals surface area contributed by atoms with E-state index < -0.39 is 0 Å². The van der Waals surface area contributed by atoms with Crippen LogP contribution in [0.25, 0.3) is 6.08 Å². The van der Waals surface area contributed by atoms with Gasteiger partial charge in [-0.15, -0.1) is 6.58 Å². The molecule has 0 aliphatic heterocycles. The number of nitrogen functional groups attached to an aromatic ring is 1. The topological polar surface area (TPSA) is 43.1 Å². The van der Waals surface area contributed by atoms with Crippen LogP contribution in [0.15, 0.2) is 43.0 Å². The number of hydrogen-bond donors (Lipinski definition) is 1. The molecular weight excluding hydrogens is 198 g/mol. The molecule has 84 valence electrons. The van der Waals surface area contributed by atoms with Gasteiger partial charge in [0.1, 0.15) is 0 Å². The highest BCUT2D eigenvalue weighted by Gasteiger charge is 1.95. The molecule has 0 heterocycles. The van der Waals surface area contributed by atoms with Crippen molar-refractivity contribution < 1.29 is 4.79 Å². The average Bonchev–Trinajstić information content (AvgIpc) is 2.29. The normalized spacial score (nSPS) is 10.5. The number of ketones is 1. The number of hydrogen-bond acceptors (Lipinski definition) is 2. The van der Waals surface area contributed by atoms with Crippen LogP contribution in [0, 0.1) is 0 Å². The Bertz CT molecular complexity index is 376. The van der Waals surface area contributed by atoms with Crippen molar-refractivity contribution in [1.29, 1.82) is 0 Å². The molecular formula is C14H17NO. The van der Waals surface area contributed by atoms with Gasteiger partial charge in [-0.05, 0) is 36.6 Å². The minimum absolute atomic E-state index is 0.152. The third-order valence-electron chi connectivity index (χ3n) is 2.23. The van der Waals surface area contributed by atoms with Gasteiger partial charge in [-0.2, -0.15) is 0 Å². The lowest BCUT2D eigenvalue weighted by Crippen LogP contribution is -1.91. The van der Waals surface area contributed by atoms with Crippen LogP contribution in [0.4, 0.5) is 5.69 Å². The van der Waals surface area contributed by atoms with Gasteiger partial charge in [0.05, 0.1) is 0 Å². The van der Waals surface area contributed by atoms with E-state index in [9.17, 15) is 4.79 Å². The van der Waals surface area contributed by atoms with E-state index in [0.29, 0.717) is 6.42 Å². The first-order valence-electron chi connectivity index (χ1n) is 5.39. The third-order valence-corrected chi connectivity index (χ3v) is 2.23. The molecule has 0 spiro atoms. The second kappa shape index (κ2) is 6.62. The fraction of sp³-hybridized carbons (Fsp3) is 0.214. The Kier molecular flexibility index (Phi) is 5.06. The van der Waals surface area contributed by atoms with Crippen molar-refractivity contribution >= 4 is 17.5 Å². The summed E-state index contributed by atoms with van der Waals surface area (Å²) >= 11 is 0. The first-order valence-corrected chi connectivity index (χ1v) is 5.39. The molecule has 0 aromatic heterocycles. The van der Waals surface area contributed by atoms with Crippen LogP contribution in [0.3, 0.4) is 0 Å². The van der Waals surface area contributed by atoms with Gasteiger partial charge in [-0.3, -0.25) is 4.79 Å². The molecule has 0 amide bonds. The van der Waals surface area contributed by atoms with Gasteiger partial charge in [0.2, 0.25) is 0 Å². The molecule has 0 radical (unpaired) electrons. The molecule has 1 aromatic carbocycles. The number of nitrogens with two attached hydrogens (primary N) is 1. The molecule has 1 aromatic rings. The number of carbonyl (C=O) groups excluding carboxylic acids is 1. The highest BCUT2D eigenvalue weighted by Crippen LogP contribution is 2.07.